The van der Waals surface area contributed by atoms with Gasteiger partial charge in [-0.1, -0.05) is 19.9 Å². The van der Waals surface area contributed by atoms with E-state index in [4.69, 9.17) is 0 Å². The molecule has 1 aromatic carbocycles. The number of piperazine rings is 1. The SMILES string of the molecule is Cc1ccc(S(=O)(=O)N2CC[NH+](CC(=O)NC(=O)NCC(C)C)CC2)cc1C. The van der Waals surface area contributed by atoms with Gasteiger partial charge in [0.1, 0.15) is 0 Å². The van der Waals surface area contributed by atoms with E-state index in [1.165, 1.54) is 4.31 Å². The summed E-state index contributed by atoms with van der Waals surface area (Å²) >= 11 is 0. The van der Waals surface area contributed by atoms with Crippen LogP contribution in [0.15, 0.2) is 23.1 Å². The highest BCUT2D eigenvalue weighted by Gasteiger charge is 2.31. The minimum atomic E-state index is -3.53. The van der Waals surface area contributed by atoms with Crippen LogP contribution in [0.3, 0.4) is 0 Å². The number of carbonyl (C=O) groups excluding carboxylic acids is 2. The molecule has 1 aliphatic heterocycles. The van der Waals surface area contributed by atoms with Gasteiger partial charge in [0.25, 0.3) is 5.91 Å². The average Bonchev–Trinajstić information content (AvgIpc) is 2.62. The summed E-state index contributed by atoms with van der Waals surface area (Å²) in [6.07, 6.45) is 0. The molecule has 0 unspecified atom stereocenters. The third-order valence-corrected chi connectivity index (χ3v) is 6.77. The summed E-state index contributed by atoms with van der Waals surface area (Å²) in [7, 11) is -3.53. The number of carbonyl (C=O) groups is 2. The minimum absolute atomic E-state index is 0.145. The number of rotatable bonds is 6. The highest BCUT2D eigenvalue weighted by atomic mass is 32.2. The van der Waals surface area contributed by atoms with E-state index in [1.54, 1.807) is 12.1 Å². The highest BCUT2D eigenvalue weighted by molar-refractivity contribution is 7.89. The van der Waals surface area contributed by atoms with Crippen LogP contribution in [0.1, 0.15) is 25.0 Å². The van der Waals surface area contributed by atoms with Crippen molar-refractivity contribution in [2.24, 2.45) is 5.92 Å². The van der Waals surface area contributed by atoms with Crippen LogP contribution in [0.2, 0.25) is 0 Å². The molecule has 28 heavy (non-hydrogen) atoms. The van der Waals surface area contributed by atoms with Crippen molar-refractivity contribution in [3.63, 3.8) is 0 Å². The van der Waals surface area contributed by atoms with Crippen LogP contribution in [-0.4, -0.2) is 63.9 Å². The summed E-state index contributed by atoms with van der Waals surface area (Å²) in [5.74, 6) is -0.0551. The Morgan fingerprint density at radius 1 is 1.14 bits per heavy atom. The molecule has 0 bridgehead atoms. The van der Waals surface area contributed by atoms with Crippen molar-refractivity contribution in [1.82, 2.24) is 14.9 Å². The Balaban J connectivity index is 1.85. The van der Waals surface area contributed by atoms with Crippen LogP contribution in [0, 0.1) is 19.8 Å². The maximum Gasteiger partial charge on any atom is 0.321 e. The van der Waals surface area contributed by atoms with Gasteiger partial charge in [0, 0.05) is 6.54 Å². The van der Waals surface area contributed by atoms with Crippen molar-refractivity contribution in [3.8, 4) is 0 Å². The maximum atomic E-state index is 12.8. The number of nitrogens with one attached hydrogen (secondary N) is 3. The van der Waals surface area contributed by atoms with Crippen molar-refractivity contribution < 1.29 is 22.9 Å². The number of nitrogens with zero attached hydrogens (tertiary/aromatic N) is 1. The largest absolute Gasteiger partial charge is 0.338 e. The Morgan fingerprint density at radius 2 is 1.79 bits per heavy atom. The number of aryl methyl sites for hydroxylation is 2. The molecule has 9 heteroatoms. The van der Waals surface area contributed by atoms with E-state index in [9.17, 15) is 18.0 Å². The van der Waals surface area contributed by atoms with E-state index in [0.717, 1.165) is 16.0 Å². The Hall–Kier alpha value is -1.97. The third-order valence-electron chi connectivity index (χ3n) is 4.88. The van der Waals surface area contributed by atoms with E-state index in [-0.39, 0.29) is 12.5 Å². The topological polar surface area (TPSA) is 100 Å². The fourth-order valence-electron chi connectivity index (χ4n) is 2.98. The first-order chi connectivity index (χ1) is 13.1. The summed E-state index contributed by atoms with van der Waals surface area (Å²) in [4.78, 5) is 24.9. The van der Waals surface area contributed by atoms with Crippen molar-refractivity contribution in [2.75, 3.05) is 39.3 Å². The van der Waals surface area contributed by atoms with Gasteiger partial charge in [0.2, 0.25) is 10.0 Å². The predicted octanol–water partition coefficient (Wildman–Crippen LogP) is -0.326. The van der Waals surface area contributed by atoms with Crippen LogP contribution in [0.4, 0.5) is 4.79 Å². The first-order valence-corrected chi connectivity index (χ1v) is 11.0. The summed E-state index contributed by atoms with van der Waals surface area (Å²) < 4.78 is 27.1. The summed E-state index contributed by atoms with van der Waals surface area (Å²) in [6.45, 7) is 10.2. The summed E-state index contributed by atoms with van der Waals surface area (Å²) in [6, 6.07) is 4.67. The molecule has 1 fully saturated rings. The number of hydrogen-bond acceptors (Lipinski definition) is 4. The number of urea groups is 1. The van der Waals surface area contributed by atoms with Gasteiger partial charge in [0.15, 0.2) is 6.54 Å². The third kappa shape index (κ3) is 6.02. The molecular formula is C19H31N4O4S+. The van der Waals surface area contributed by atoms with Gasteiger partial charge in [-0.25, -0.2) is 13.2 Å². The second kappa shape index (κ2) is 9.49. The second-order valence-electron chi connectivity index (χ2n) is 7.73. The van der Waals surface area contributed by atoms with Gasteiger partial charge in [0.05, 0.1) is 31.1 Å². The molecule has 2 rings (SSSR count). The lowest BCUT2D eigenvalue weighted by molar-refractivity contribution is -0.895. The zero-order valence-corrected chi connectivity index (χ0v) is 17.9. The zero-order chi connectivity index (χ0) is 20.9. The molecule has 3 amide bonds. The standard InChI is InChI=1S/C19H30N4O4S/c1-14(2)12-20-19(25)21-18(24)13-22-7-9-23(10-8-22)28(26,27)17-6-5-15(3)16(4)11-17/h5-6,11,14H,7-10,12-13H2,1-4H3,(H2,20,21,24,25)/p+1. The molecule has 156 valence electrons. The van der Waals surface area contributed by atoms with Gasteiger partial charge in [-0.2, -0.15) is 4.31 Å². The highest BCUT2D eigenvalue weighted by Crippen LogP contribution is 2.19. The summed E-state index contributed by atoms with van der Waals surface area (Å²) in [5.41, 5.74) is 1.99. The first kappa shape index (κ1) is 22.3. The lowest BCUT2D eigenvalue weighted by atomic mass is 10.1. The molecule has 1 saturated heterocycles. The zero-order valence-electron chi connectivity index (χ0n) is 17.0. The van der Waals surface area contributed by atoms with E-state index < -0.39 is 16.1 Å². The van der Waals surface area contributed by atoms with E-state index in [0.29, 0.717) is 43.5 Å². The van der Waals surface area contributed by atoms with Crippen molar-refractivity contribution in [1.29, 1.82) is 0 Å². The van der Waals surface area contributed by atoms with E-state index in [1.807, 2.05) is 33.8 Å². The van der Waals surface area contributed by atoms with Gasteiger partial charge < -0.3 is 10.2 Å². The van der Waals surface area contributed by atoms with Crippen molar-refractivity contribution in [3.05, 3.63) is 29.3 Å². The predicted molar refractivity (Wildman–Crippen MR) is 107 cm³/mol. The van der Waals surface area contributed by atoms with E-state index in [2.05, 4.69) is 10.6 Å². The second-order valence-corrected chi connectivity index (χ2v) is 9.67. The Labute approximate surface area is 167 Å². The molecule has 0 atom stereocenters. The Morgan fingerprint density at radius 3 is 2.36 bits per heavy atom. The number of sulfonamides is 1. The number of benzene rings is 1. The van der Waals surface area contributed by atoms with Crippen LogP contribution >= 0.6 is 0 Å². The van der Waals surface area contributed by atoms with Crippen LogP contribution < -0.4 is 15.5 Å². The fourth-order valence-corrected chi connectivity index (χ4v) is 4.51. The first-order valence-electron chi connectivity index (χ1n) is 9.58. The smallest absolute Gasteiger partial charge is 0.321 e. The number of amides is 3. The van der Waals surface area contributed by atoms with Crippen molar-refractivity contribution >= 4 is 22.0 Å². The monoisotopic (exact) mass is 411 g/mol. The fraction of sp³-hybridized carbons (Fsp3) is 0.579. The number of hydrogen-bond donors (Lipinski definition) is 3. The van der Waals surface area contributed by atoms with Crippen LogP contribution in [0.25, 0.3) is 0 Å². The van der Waals surface area contributed by atoms with Gasteiger partial charge in [-0.15, -0.1) is 0 Å². The Bertz CT molecular complexity index is 815. The molecule has 1 heterocycles. The lowest BCUT2D eigenvalue weighted by Crippen LogP contribution is -3.15. The molecule has 8 nitrogen and oxygen atoms in total. The molecule has 0 saturated carbocycles. The van der Waals surface area contributed by atoms with Gasteiger partial charge >= 0.3 is 6.03 Å². The number of quaternary nitrogens is 1. The Kier molecular flexibility index (Phi) is 7.56. The van der Waals surface area contributed by atoms with Gasteiger partial charge in [-0.3, -0.25) is 10.1 Å². The molecule has 0 spiro atoms. The van der Waals surface area contributed by atoms with Gasteiger partial charge in [-0.05, 0) is 43.0 Å². The molecule has 3 N–H and O–H groups in total. The van der Waals surface area contributed by atoms with Crippen LogP contribution in [0.5, 0.6) is 0 Å². The molecule has 0 aliphatic carbocycles. The molecule has 0 radical (unpaired) electrons. The average molecular weight is 412 g/mol. The molecule has 0 aromatic heterocycles. The van der Waals surface area contributed by atoms with E-state index >= 15 is 0 Å². The quantitative estimate of drug-likeness (QED) is 0.597. The molecular weight excluding hydrogens is 380 g/mol. The number of imide groups is 1. The minimum Gasteiger partial charge on any atom is -0.338 e. The normalized spacial score (nSPS) is 16.2. The van der Waals surface area contributed by atoms with Crippen molar-refractivity contribution in [2.45, 2.75) is 32.6 Å². The molecule has 1 aliphatic rings. The maximum absolute atomic E-state index is 12.8. The summed E-state index contributed by atoms with van der Waals surface area (Å²) in [5, 5.41) is 4.96. The van der Waals surface area contributed by atoms with Crippen LogP contribution in [-0.2, 0) is 14.8 Å². The molecule has 1 aromatic rings. The lowest BCUT2D eigenvalue weighted by Gasteiger charge is -2.31.